The van der Waals surface area contributed by atoms with Crippen molar-refractivity contribution in [3.63, 3.8) is 0 Å². The predicted octanol–water partition coefficient (Wildman–Crippen LogP) is 3.23. The summed E-state index contributed by atoms with van der Waals surface area (Å²) >= 11 is 5.65. The van der Waals surface area contributed by atoms with Crippen molar-refractivity contribution >= 4 is 29.2 Å². The van der Waals surface area contributed by atoms with Crippen molar-refractivity contribution < 1.29 is 14.3 Å². The Morgan fingerprint density at radius 3 is 2.45 bits per heavy atom. The minimum absolute atomic E-state index is 0.236. The van der Waals surface area contributed by atoms with Crippen LogP contribution in [0.1, 0.15) is 22.8 Å². The Bertz CT molecular complexity index is 669. The van der Waals surface area contributed by atoms with Crippen molar-refractivity contribution in [1.82, 2.24) is 4.98 Å². The number of ether oxygens (including phenoxy) is 1. The first kappa shape index (κ1) is 16.0. The summed E-state index contributed by atoms with van der Waals surface area (Å²) in [4.78, 5) is 27.7. The molecule has 0 radical (unpaired) electrons. The number of hydrogen-bond acceptors (Lipinski definition) is 4. The second-order valence-corrected chi connectivity index (χ2v) is 5.16. The summed E-state index contributed by atoms with van der Waals surface area (Å²) < 4.78 is 5.10. The van der Waals surface area contributed by atoms with Gasteiger partial charge in [-0.05, 0) is 38.1 Å². The molecule has 0 spiro atoms. The number of anilines is 1. The molecular weight excluding hydrogens is 304 g/mol. The number of nitrogens with zero attached hydrogens (tertiary/aromatic N) is 1. The first-order chi connectivity index (χ1) is 10.5. The molecule has 0 aliphatic heterocycles. The van der Waals surface area contributed by atoms with Gasteiger partial charge in [0.25, 0.3) is 5.91 Å². The third kappa shape index (κ3) is 4.30. The minimum Gasteiger partial charge on any atom is -0.449 e. The molecule has 0 fully saturated rings. The summed E-state index contributed by atoms with van der Waals surface area (Å²) in [5, 5.41) is 2.96. The van der Waals surface area contributed by atoms with Gasteiger partial charge in [0.1, 0.15) is 5.15 Å². The van der Waals surface area contributed by atoms with Crippen LogP contribution >= 0.6 is 11.6 Å². The maximum Gasteiger partial charge on any atom is 0.340 e. The highest BCUT2D eigenvalue weighted by Crippen LogP contribution is 2.11. The zero-order chi connectivity index (χ0) is 16.1. The summed E-state index contributed by atoms with van der Waals surface area (Å²) in [7, 11) is 0. The minimum atomic E-state index is -0.926. The Labute approximate surface area is 133 Å². The van der Waals surface area contributed by atoms with Crippen LogP contribution in [-0.4, -0.2) is 23.0 Å². The fraction of sp³-hybridized carbons (Fsp3) is 0.188. The average molecular weight is 319 g/mol. The van der Waals surface area contributed by atoms with Crippen LogP contribution in [0.5, 0.6) is 0 Å². The molecule has 0 aliphatic rings. The van der Waals surface area contributed by atoms with E-state index in [0.717, 1.165) is 5.56 Å². The molecule has 1 N–H and O–H groups in total. The molecule has 0 unspecified atom stereocenters. The number of aryl methyl sites for hydroxylation is 1. The van der Waals surface area contributed by atoms with Crippen LogP contribution in [-0.2, 0) is 9.53 Å². The monoisotopic (exact) mass is 318 g/mol. The van der Waals surface area contributed by atoms with Gasteiger partial charge >= 0.3 is 5.97 Å². The number of carbonyl (C=O) groups is 2. The van der Waals surface area contributed by atoms with Crippen molar-refractivity contribution in [3.8, 4) is 0 Å². The standard InChI is InChI=1S/C16H15ClN2O3/c1-10-3-6-13(7-4-10)19-15(20)11(2)22-16(21)12-5-8-14(17)18-9-12/h3-9,11H,1-2H3,(H,19,20)/t11-/m1/s1. The number of pyridine rings is 1. The lowest BCUT2D eigenvalue weighted by Gasteiger charge is -2.13. The molecule has 5 nitrogen and oxygen atoms in total. The van der Waals surface area contributed by atoms with E-state index in [0.29, 0.717) is 5.69 Å². The molecule has 1 heterocycles. The molecule has 0 aliphatic carbocycles. The lowest BCUT2D eigenvalue weighted by Crippen LogP contribution is -2.30. The van der Waals surface area contributed by atoms with Crippen molar-refractivity contribution in [1.29, 1.82) is 0 Å². The number of benzene rings is 1. The molecule has 1 amide bonds. The van der Waals surface area contributed by atoms with Crippen LogP contribution < -0.4 is 5.32 Å². The van der Waals surface area contributed by atoms with Crippen LogP contribution in [0.25, 0.3) is 0 Å². The second-order valence-electron chi connectivity index (χ2n) is 4.77. The Balaban J connectivity index is 1.94. The summed E-state index contributed by atoms with van der Waals surface area (Å²) in [6, 6.07) is 10.3. The third-order valence-corrected chi connectivity index (χ3v) is 3.16. The van der Waals surface area contributed by atoms with Gasteiger partial charge in [0, 0.05) is 11.9 Å². The van der Waals surface area contributed by atoms with E-state index in [1.807, 2.05) is 19.1 Å². The van der Waals surface area contributed by atoms with E-state index in [2.05, 4.69) is 10.3 Å². The Hall–Kier alpha value is -2.40. The number of halogens is 1. The molecular formula is C16H15ClN2O3. The van der Waals surface area contributed by atoms with Gasteiger partial charge in [-0.2, -0.15) is 0 Å². The first-order valence-electron chi connectivity index (χ1n) is 6.66. The smallest absolute Gasteiger partial charge is 0.340 e. The topological polar surface area (TPSA) is 68.3 Å². The number of esters is 1. The molecule has 0 saturated carbocycles. The number of rotatable bonds is 4. The largest absolute Gasteiger partial charge is 0.449 e. The third-order valence-electron chi connectivity index (χ3n) is 2.94. The summed E-state index contributed by atoms with van der Waals surface area (Å²) in [5.74, 6) is -1.03. The molecule has 22 heavy (non-hydrogen) atoms. The van der Waals surface area contributed by atoms with Crippen LogP contribution in [0.15, 0.2) is 42.6 Å². The van der Waals surface area contributed by atoms with E-state index in [9.17, 15) is 9.59 Å². The van der Waals surface area contributed by atoms with Gasteiger partial charge in [-0.25, -0.2) is 9.78 Å². The molecule has 2 rings (SSSR count). The molecule has 6 heteroatoms. The van der Waals surface area contributed by atoms with E-state index < -0.39 is 18.0 Å². The molecule has 1 atom stereocenters. The number of amides is 1. The van der Waals surface area contributed by atoms with Gasteiger partial charge in [-0.3, -0.25) is 4.79 Å². The summed E-state index contributed by atoms with van der Waals surface area (Å²) in [6.45, 7) is 3.46. The van der Waals surface area contributed by atoms with Crippen LogP contribution in [0.4, 0.5) is 5.69 Å². The van der Waals surface area contributed by atoms with Gasteiger partial charge in [-0.15, -0.1) is 0 Å². The van der Waals surface area contributed by atoms with Gasteiger partial charge in [0.2, 0.25) is 0 Å². The maximum atomic E-state index is 12.0. The zero-order valence-electron chi connectivity index (χ0n) is 12.2. The van der Waals surface area contributed by atoms with Gasteiger partial charge in [0.15, 0.2) is 6.10 Å². The van der Waals surface area contributed by atoms with Crippen molar-refractivity contribution in [3.05, 3.63) is 58.9 Å². The molecule has 114 valence electrons. The van der Waals surface area contributed by atoms with E-state index in [1.54, 1.807) is 12.1 Å². The quantitative estimate of drug-likeness (QED) is 0.694. The molecule has 1 aromatic carbocycles. The Morgan fingerprint density at radius 1 is 1.18 bits per heavy atom. The lowest BCUT2D eigenvalue weighted by atomic mass is 10.2. The number of hydrogen-bond donors (Lipinski definition) is 1. The maximum absolute atomic E-state index is 12.0. The number of nitrogens with one attached hydrogen (secondary N) is 1. The van der Waals surface area contributed by atoms with Crippen molar-refractivity contribution in [2.24, 2.45) is 0 Å². The van der Waals surface area contributed by atoms with E-state index >= 15 is 0 Å². The van der Waals surface area contributed by atoms with Crippen molar-refractivity contribution in [2.75, 3.05) is 5.32 Å². The molecule has 2 aromatic rings. The average Bonchev–Trinajstić information content (AvgIpc) is 2.50. The highest BCUT2D eigenvalue weighted by Gasteiger charge is 2.19. The lowest BCUT2D eigenvalue weighted by molar-refractivity contribution is -0.123. The number of aromatic nitrogens is 1. The highest BCUT2D eigenvalue weighted by molar-refractivity contribution is 6.29. The summed E-state index contributed by atoms with van der Waals surface area (Å²) in [6.07, 6.45) is 0.374. The van der Waals surface area contributed by atoms with Crippen molar-refractivity contribution in [2.45, 2.75) is 20.0 Å². The highest BCUT2D eigenvalue weighted by atomic mass is 35.5. The van der Waals surface area contributed by atoms with Crippen LogP contribution in [0.3, 0.4) is 0 Å². The predicted molar refractivity (Wildman–Crippen MR) is 83.9 cm³/mol. The van der Waals surface area contributed by atoms with E-state index in [-0.39, 0.29) is 10.7 Å². The van der Waals surface area contributed by atoms with Gasteiger partial charge < -0.3 is 10.1 Å². The van der Waals surface area contributed by atoms with Crippen LogP contribution in [0, 0.1) is 6.92 Å². The SMILES string of the molecule is Cc1ccc(NC(=O)[C@@H](C)OC(=O)c2ccc(Cl)nc2)cc1. The normalized spacial score (nSPS) is 11.6. The first-order valence-corrected chi connectivity index (χ1v) is 7.03. The van der Waals surface area contributed by atoms with E-state index in [1.165, 1.54) is 25.3 Å². The molecule has 0 bridgehead atoms. The number of carbonyl (C=O) groups excluding carboxylic acids is 2. The fourth-order valence-electron chi connectivity index (χ4n) is 1.66. The molecule has 1 aromatic heterocycles. The fourth-order valence-corrected chi connectivity index (χ4v) is 1.77. The van der Waals surface area contributed by atoms with Crippen LogP contribution in [0.2, 0.25) is 5.15 Å². The molecule has 0 saturated heterocycles. The van der Waals surface area contributed by atoms with E-state index in [4.69, 9.17) is 16.3 Å². The summed E-state index contributed by atoms with van der Waals surface area (Å²) in [5.41, 5.74) is 1.97. The second kappa shape index (κ2) is 7.04. The zero-order valence-corrected chi connectivity index (χ0v) is 12.9. The van der Waals surface area contributed by atoms with Gasteiger partial charge in [0.05, 0.1) is 5.56 Å². The van der Waals surface area contributed by atoms with Gasteiger partial charge in [-0.1, -0.05) is 29.3 Å². The Morgan fingerprint density at radius 2 is 1.86 bits per heavy atom. The Kier molecular flexibility index (Phi) is 5.12.